The highest BCUT2D eigenvalue weighted by atomic mass is 16.3. The summed E-state index contributed by atoms with van der Waals surface area (Å²) in [7, 11) is 1.99. The molecule has 1 atom stereocenters. The SMILES string of the molecule is CCC1(CO)CCN(C(C)C(=O)N(C)C2CCCCC2)CC1. The maximum absolute atomic E-state index is 12.8. The van der Waals surface area contributed by atoms with Crippen molar-refractivity contribution in [2.75, 3.05) is 26.7 Å². The first-order chi connectivity index (χ1) is 10.5. The van der Waals surface area contributed by atoms with Gasteiger partial charge in [0.1, 0.15) is 0 Å². The molecule has 4 nitrogen and oxygen atoms in total. The summed E-state index contributed by atoms with van der Waals surface area (Å²) in [5.74, 6) is 0.278. The fourth-order valence-electron chi connectivity index (χ4n) is 4.11. The molecule has 2 fully saturated rings. The van der Waals surface area contributed by atoms with Crippen LogP contribution in [0.25, 0.3) is 0 Å². The van der Waals surface area contributed by atoms with E-state index in [0.29, 0.717) is 6.04 Å². The number of piperidine rings is 1. The van der Waals surface area contributed by atoms with Gasteiger partial charge in [0.15, 0.2) is 0 Å². The second-order valence-electron chi connectivity index (χ2n) is 7.46. The zero-order valence-electron chi connectivity index (χ0n) is 14.7. The van der Waals surface area contributed by atoms with E-state index in [-0.39, 0.29) is 24.0 Å². The van der Waals surface area contributed by atoms with Crippen LogP contribution in [-0.4, -0.2) is 59.6 Å². The number of amides is 1. The Kier molecular flexibility index (Phi) is 6.27. The second kappa shape index (κ2) is 7.78. The lowest BCUT2D eigenvalue weighted by Crippen LogP contribution is -2.53. The van der Waals surface area contributed by atoms with Crippen LogP contribution >= 0.6 is 0 Å². The third-order valence-corrected chi connectivity index (χ3v) is 6.32. The Hall–Kier alpha value is -0.610. The Balaban J connectivity index is 1.88. The van der Waals surface area contributed by atoms with Crippen LogP contribution in [0, 0.1) is 5.41 Å². The fourth-order valence-corrected chi connectivity index (χ4v) is 4.11. The van der Waals surface area contributed by atoms with E-state index >= 15 is 0 Å². The van der Waals surface area contributed by atoms with Crippen LogP contribution in [0.2, 0.25) is 0 Å². The van der Waals surface area contributed by atoms with Gasteiger partial charge in [-0.3, -0.25) is 9.69 Å². The number of rotatable bonds is 5. The van der Waals surface area contributed by atoms with Crippen molar-refractivity contribution in [2.24, 2.45) is 5.41 Å². The van der Waals surface area contributed by atoms with Crippen molar-refractivity contribution in [3.63, 3.8) is 0 Å². The number of aliphatic hydroxyl groups excluding tert-OH is 1. The summed E-state index contributed by atoms with van der Waals surface area (Å²) < 4.78 is 0. The van der Waals surface area contributed by atoms with Gasteiger partial charge in [0.2, 0.25) is 5.91 Å². The van der Waals surface area contributed by atoms with E-state index in [4.69, 9.17) is 0 Å². The van der Waals surface area contributed by atoms with E-state index in [2.05, 4.69) is 18.7 Å². The molecule has 0 bridgehead atoms. The van der Waals surface area contributed by atoms with Crippen molar-refractivity contribution in [3.05, 3.63) is 0 Å². The van der Waals surface area contributed by atoms with Crippen LogP contribution in [0.4, 0.5) is 0 Å². The molecule has 22 heavy (non-hydrogen) atoms. The first-order valence-electron chi connectivity index (χ1n) is 9.14. The van der Waals surface area contributed by atoms with Gasteiger partial charge in [-0.25, -0.2) is 0 Å². The van der Waals surface area contributed by atoms with Crippen LogP contribution in [0.5, 0.6) is 0 Å². The van der Waals surface area contributed by atoms with E-state index in [1.807, 2.05) is 11.9 Å². The fraction of sp³-hybridized carbons (Fsp3) is 0.944. The number of likely N-dealkylation sites (N-methyl/N-ethyl adjacent to an activating group) is 1. The molecule has 1 unspecified atom stereocenters. The molecule has 2 aliphatic rings. The molecule has 0 aromatic carbocycles. The second-order valence-corrected chi connectivity index (χ2v) is 7.46. The minimum atomic E-state index is -0.0273. The van der Waals surface area contributed by atoms with E-state index < -0.39 is 0 Å². The van der Waals surface area contributed by atoms with E-state index in [1.165, 1.54) is 32.1 Å². The normalized spacial score (nSPS) is 24.9. The van der Waals surface area contributed by atoms with Crippen LogP contribution in [0.1, 0.15) is 65.2 Å². The molecule has 1 aliphatic heterocycles. The highest BCUT2D eigenvalue weighted by molar-refractivity contribution is 5.81. The predicted octanol–water partition coefficient (Wildman–Crippen LogP) is 2.65. The number of carbonyl (C=O) groups excluding carboxylic acids is 1. The molecule has 1 saturated carbocycles. The third kappa shape index (κ3) is 3.83. The standard InChI is InChI=1S/C18H34N2O2/c1-4-18(14-21)10-12-20(13-11-18)15(2)17(22)19(3)16-8-6-5-7-9-16/h15-16,21H,4-14H2,1-3H3. The summed E-state index contributed by atoms with van der Waals surface area (Å²) in [6.45, 7) is 6.36. The smallest absolute Gasteiger partial charge is 0.239 e. The van der Waals surface area contributed by atoms with Gasteiger partial charge in [0.05, 0.1) is 6.04 Å². The van der Waals surface area contributed by atoms with Crippen LogP contribution in [0.3, 0.4) is 0 Å². The quantitative estimate of drug-likeness (QED) is 0.849. The summed E-state index contributed by atoms with van der Waals surface area (Å²) >= 11 is 0. The number of hydrogen-bond donors (Lipinski definition) is 1. The summed E-state index contributed by atoms with van der Waals surface area (Å²) in [6.07, 6.45) is 9.21. The Morgan fingerprint density at radius 1 is 1.27 bits per heavy atom. The zero-order valence-corrected chi connectivity index (χ0v) is 14.7. The molecule has 0 aromatic heterocycles. The predicted molar refractivity (Wildman–Crippen MR) is 89.7 cm³/mol. The van der Waals surface area contributed by atoms with Gasteiger partial charge in [0, 0.05) is 19.7 Å². The molecule has 128 valence electrons. The maximum atomic E-state index is 12.8. The van der Waals surface area contributed by atoms with Crippen molar-refractivity contribution in [2.45, 2.75) is 77.3 Å². The highest BCUT2D eigenvalue weighted by Gasteiger charge is 2.36. The van der Waals surface area contributed by atoms with Gasteiger partial charge in [-0.05, 0) is 57.5 Å². The van der Waals surface area contributed by atoms with Gasteiger partial charge in [0.25, 0.3) is 0 Å². The van der Waals surface area contributed by atoms with Gasteiger partial charge in [-0.1, -0.05) is 26.2 Å². The number of aliphatic hydroxyl groups is 1. The summed E-state index contributed by atoms with van der Waals surface area (Å²) in [5.41, 5.74) is 0.0918. The molecule has 2 rings (SSSR count). The molecule has 0 spiro atoms. The monoisotopic (exact) mass is 310 g/mol. The Labute approximate surface area is 135 Å². The van der Waals surface area contributed by atoms with E-state index in [1.54, 1.807) is 0 Å². The molecule has 1 N–H and O–H groups in total. The van der Waals surface area contributed by atoms with Crippen LogP contribution < -0.4 is 0 Å². The number of carbonyl (C=O) groups is 1. The minimum absolute atomic E-state index is 0.0273. The molecule has 1 heterocycles. The van der Waals surface area contributed by atoms with Crippen molar-refractivity contribution in [3.8, 4) is 0 Å². The van der Waals surface area contributed by atoms with Gasteiger partial charge in [-0.15, -0.1) is 0 Å². The number of likely N-dealkylation sites (tertiary alicyclic amines) is 1. The molecule has 1 aliphatic carbocycles. The van der Waals surface area contributed by atoms with Crippen molar-refractivity contribution in [1.29, 1.82) is 0 Å². The third-order valence-electron chi connectivity index (χ3n) is 6.32. The highest BCUT2D eigenvalue weighted by Crippen LogP contribution is 2.35. The average molecular weight is 310 g/mol. The lowest BCUT2D eigenvalue weighted by molar-refractivity contribution is -0.139. The minimum Gasteiger partial charge on any atom is -0.396 e. The molecular weight excluding hydrogens is 276 g/mol. The van der Waals surface area contributed by atoms with Crippen molar-refractivity contribution in [1.82, 2.24) is 9.80 Å². The van der Waals surface area contributed by atoms with E-state index in [0.717, 1.165) is 32.4 Å². The summed E-state index contributed by atoms with van der Waals surface area (Å²) in [5, 5.41) is 9.64. The van der Waals surface area contributed by atoms with Crippen LogP contribution in [0.15, 0.2) is 0 Å². The average Bonchev–Trinajstić information content (AvgIpc) is 2.60. The molecule has 1 amide bonds. The first kappa shape index (κ1) is 17.7. The number of hydrogen-bond acceptors (Lipinski definition) is 3. The first-order valence-corrected chi connectivity index (χ1v) is 9.14. The topological polar surface area (TPSA) is 43.8 Å². The van der Waals surface area contributed by atoms with Gasteiger partial charge >= 0.3 is 0 Å². The Morgan fingerprint density at radius 3 is 2.36 bits per heavy atom. The van der Waals surface area contributed by atoms with E-state index in [9.17, 15) is 9.90 Å². The van der Waals surface area contributed by atoms with Crippen molar-refractivity contribution < 1.29 is 9.90 Å². The lowest BCUT2D eigenvalue weighted by atomic mass is 9.76. The van der Waals surface area contributed by atoms with Crippen LogP contribution in [-0.2, 0) is 4.79 Å². The zero-order chi connectivity index (χ0) is 16.2. The summed E-state index contributed by atoms with van der Waals surface area (Å²) in [6, 6.07) is 0.418. The number of nitrogens with zero attached hydrogens (tertiary/aromatic N) is 2. The van der Waals surface area contributed by atoms with Crippen molar-refractivity contribution >= 4 is 5.91 Å². The Morgan fingerprint density at radius 2 is 1.86 bits per heavy atom. The molecular formula is C18H34N2O2. The Bertz CT molecular complexity index is 352. The molecule has 0 radical (unpaired) electrons. The maximum Gasteiger partial charge on any atom is 0.239 e. The molecule has 1 saturated heterocycles. The lowest BCUT2D eigenvalue weighted by Gasteiger charge is -2.43. The van der Waals surface area contributed by atoms with Gasteiger partial charge in [-0.2, -0.15) is 0 Å². The molecule has 0 aromatic rings. The summed E-state index contributed by atoms with van der Waals surface area (Å²) in [4.78, 5) is 17.1. The molecule has 4 heteroatoms. The largest absolute Gasteiger partial charge is 0.396 e. The van der Waals surface area contributed by atoms with Gasteiger partial charge < -0.3 is 10.0 Å².